The Bertz CT molecular complexity index is 986. The highest BCUT2D eigenvalue weighted by Crippen LogP contribution is 2.31. The summed E-state index contributed by atoms with van der Waals surface area (Å²) in [7, 11) is 1.65. The maximum Gasteiger partial charge on any atom is 0.229 e. The van der Waals surface area contributed by atoms with Crippen molar-refractivity contribution in [2.24, 2.45) is 0 Å². The van der Waals surface area contributed by atoms with Crippen molar-refractivity contribution in [3.63, 3.8) is 0 Å². The van der Waals surface area contributed by atoms with Crippen LogP contribution in [0.2, 0.25) is 0 Å². The molecule has 0 aliphatic carbocycles. The van der Waals surface area contributed by atoms with E-state index in [0.717, 1.165) is 50.5 Å². The third-order valence-electron chi connectivity index (χ3n) is 5.41. The molecule has 0 amide bonds. The first kappa shape index (κ1) is 25.2. The summed E-state index contributed by atoms with van der Waals surface area (Å²) in [6.07, 6.45) is 8.37. The summed E-state index contributed by atoms with van der Waals surface area (Å²) in [5.74, 6) is 2.70. The van der Waals surface area contributed by atoms with Crippen molar-refractivity contribution in [3.05, 3.63) is 60.6 Å². The fourth-order valence-electron chi connectivity index (χ4n) is 3.61. The molecule has 3 rings (SSSR count). The van der Waals surface area contributed by atoms with Crippen LogP contribution in [0.25, 0.3) is 0 Å². The predicted octanol–water partition coefficient (Wildman–Crippen LogP) is 4.78. The number of benzene rings is 1. The van der Waals surface area contributed by atoms with E-state index in [1.165, 1.54) is 12.0 Å². The largest absolute Gasteiger partial charge is 0.493 e. The van der Waals surface area contributed by atoms with Gasteiger partial charge in [0.15, 0.2) is 11.5 Å². The number of hydrogen-bond acceptors (Lipinski definition) is 8. The number of anilines is 3. The van der Waals surface area contributed by atoms with Crippen LogP contribution in [0.5, 0.6) is 11.5 Å². The lowest BCUT2D eigenvalue weighted by Gasteiger charge is -2.19. The zero-order valence-corrected chi connectivity index (χ0v) is 20.5. The van der Waals surface area contributed by atoms with E-state index in [1.54, 1.807) is 25.7 Å². The topological polar surface area (TPSA) is 84.4 Å². The van der Waals surface area contributed by atoms with E-state index in [2.05, 4.69) is 44.3 Å². The van der Waals surface area contributed by atoms with Gasteiger partial charge in [-0.2, -0.15) is 4.98 Å². The molecule has 2 N–H and O–H groups in total. The number of pyridine rings is 1. The van der Waals surface area contributed by atoms with Gasteiger partial charge >= 0.3 is 0 Å². The van der Waals surface area contributed by atoms with Crippen LogP contribution in [0.3, 0.4) is 0 Å². The highest BCUT2D eigenvalue weighted by molar-refractivity contribution is 5.60. The molecule has 8 heteroatoms. The van der Waals surface area contributed by atoms with E-state index >= 15 is 0 Å². The molecule has 3 aromatic rings. The van der Waals surface area contributed by atoms with Crippen LogP contribution < -0.4 is 20.1 Å². The number of hydrogen-bond donors (Lipinski definition) is 2. The fourth-order valence-corrected chi connectivity index (χ4v) is 3.61. The Hall–Kier alpha value is -3.39. The Morgan fingerprint density at radius 3 is 2.59 bits per heavy atom. The summed E-state index contributed by atoms with van der Waals surface area (Å²) < 4.78 is 11.5. The number of aromatic nitrogens is 3. The highest BCUT2D eigenvalue weighted by Gasteiger charge is 2.08. The Labute approximate surface area is 202 Å². The van der Waals surface area contributed by atoms with E-state index in [1.807, 2.05) is 36.4 Å². The predicted molar refractivity (Wildman–Crippen MR) is 137 cm³/mol. The van der Waals surface area contributed by atoms with Gasteiger partial charge in [-0.15, -0.1) is 0 Å². The molecular formula is C26H36N6O2. The Morgan fingerprint density at radius 2 is 1.82 bits per heavy atom. The molecule has 2 aromatic heterocycles. The first-order chi connectivity index (χ1) is 16.7. The van der Waals surface area contributed by atoms with Gasteiger partial charge in [-0.3, -0.25) is 4.98 Å². The molecule has 0 saturated heterocycles. The third kappa shape index (κ3) is 8.19. The first-order valence-corrected chi connectivity index (χ1v) is 12.0. The summed E-state index contributed by atoms with van der Waals surface area (Å²) in [5, 5.41) is 6.61. The number of ether oxygens (including phenoxy) is 2. The highest BCUT2D eigenvalue weighted by atomic mass is 16.5. The van der Waals surface area contributed by atoms with E-state index in [0.29, 0.717) is 24.1 Å². The van der Waals surface area contributed by atoms with E-state index in [9.17, 15) is 0 Å². The van der Waals surface area contributed by atoms with Gasteiger partial charge in [0.25, 0.3) is 0 Å². The van der Waals surface area contributed by atoms with Crippen molar-refractivity contribution in [2.45, 2.75) is 33.1 Å². The van der Waals surface area contributed by atoms with Crippen molar-refractivity contribution in [1.82, 2.24) is 19.9 Å². The molecular weight excluding hydrogens is 428 g/mol. The molecule has 182 valence electrons. The molecule has 8 nitrogen and oxygen atoms in total. The van der Waals surface area contributed by atoms with Gasteiger partial charge in [-0.05, 0) is 68.2 Å². The van der Waals surface area contributed by atoms with Gasteiger partial charge in [0.1, 0.15) is 5.82 Å². The monoisotopic (exact) mass is 464 g/mol. The van der Waals surface area contributed by atoms with Crippen LogP contribution in [0.4, 0.5) is 17.5 Å². The Balaban J connectivity index is 1.55. The minimum atomic E-state index is 0.517. The molecule has 2 heterocycles. The van der Waals surface area contributed by atoms with Crippen molar-refractivity contribution in [1.29, 1.82) is 0 Å². The molecule has 0 aliphatic rings. The number of rotatable bonds is 15. The van der Waals surface area contributed by atoms with Gasteiger partial charge < -0.3 is 25.0 Å². The fraction of sp³-hybridized carbons (Fsp3) is 0.423. The molecule has 0 saturated carbocycles. The summed E-state index contributed by atoms with van der Waals surface area (Å²) in [6, 6.07) is 11.6. The smallest absolute Gasteiger partial charge is 0.229 e. The standard InChI is InChI=1S/C26H36N6O2/c1-4-17-32(5-2)18-6-19-34-24-20-22(7-8-23(24)33-3)30-26-29-16-12-25(31-26)28-15-11-21-9-13-27-14-10-21/h7-10,12-14,16,20H,4-6,11,15,17-19H2,1-3H3,(H2,28,29,30,31). The molecule has 0 atom stereocenters. The van der Waals surface area contributed by atoms with Crippen LogP contribution >= 0.6 is 0 Å². The van der Waals surface area contributed by atoms with Crippen molar-refractivity contribution < 1.29 is 9.47 Å². The molecule has 0 spiro atoms. The average Bonchev–Trinajstić information content (AvgIpc) is 2.87. The van der Waals surface area contributed by atoms with Gasteiger partial charge in [-0.25, -0.2) is 4.98 Å². The Kier molecular flexibility index (Phi) is 10.4. The van der Waals surface area contributed by atoms with Gasteiger partial charge in [0, 0.05) is 43.4 Å². The molecule has 0 bridgehead atoms. The minimum Gasteiger partial charge on any atom is -0.493 e. The van der Waals surface area contributed by atoms with Crippen molar-refractivity contribution in [3.8, 4) is 11.5 Å². The third-order valence-corrected chi connectivity index (χ3v) is 5.41. The minimum absolute atomic E-state index is 0.517. The zero-order chi connectivity index (χ0) is 24.0. The quantitative estimate of drug-likeness (QED) is 0.311. The molecule has 0 radical (unpaired) electrons. The van der Waals surface area contributed by atoms with Crippen molar-refractivity contribution >= 4 is 17.5 Å². The average molecular weight is 465 g/mol. The maximum absolute atomic E-state index is 6.05. The summed E-state index contributed by atoms with van der Waals surface area (Å²) >= 11 is 0. The number of methoxy groups -OCH3 is 1. The number of nitrogens with zero attached hydrogens (tertiary/aromatic N) is 4. The second-order valence-corrected chi connectivity index (χ2v) is 7.92. The van der Waals surface area contributed by atoms with E-state index in [4.69, 9.17) is 9.47 Å². The molecule has 0 unspecified atom stereocenters. The summed E-state index contributed by atoms with van der Waals surface area (Å²) in [5.41, 5.74) is 2.07. The van der Waals surface area contributed by atoms with Crippen LogP contribution in [0.15, 0.2) is 55.0 Å². The normalized spacial score (nSPS) is 10.8. The summed E-state index contributed by atoms with van der Waals surface area (Å²) in [6.45, 7) is 9.02. The molecule has 0 fully saturated rings. The lowest BCUT2D eigenvalue weighted by Crippen LogP contribution is -2.26. The lowest BCUT2D eigenvalue weighted by molar-refractivity contribution is 0.236. The summed E-state index contributed by atoms with van der Waals surface area (Å²) in [4.78, 5) is 15.4. The molecule has 34 heavy (non-hydrogen) atoms. The number of nitrogens with one attached hydrogen (secondary N) is 2. The lowest BCUT2D eigenvalue weighted by atomic mass is 10.2. The van der Waals surface area contributed by atoms with Crippen LogP contribution in [0.1, 0.15) is 32.3 Å². The SMILES string of the molecule is CCCN(CC)CCCOc1cc(Nc2nccc(NCCc3ccncc3)n2)ccc1OC. The maximum atomic E-state index is 6.05. The van der Waals surface area contributed by atoms with Crippen molar-refractivity contribution in [2.75, 3.05) is 50.5 Å². The van der Waals surface area contributed by atoms with Gasteiger partial charge in [-0.1, -0.05) is 13.8 Å². The molecule has 0 aliphatic heterocycles. The van der Waals surface area contributed by atoms with E-state index < -0.39 is 0 Å². The van der Waals surface area contributed by atoms with Gasteiger partial charge in [0.2, 0.25) is 5.95 Å². The second kappa shape index (κ2) is 14.0. The van der Waals surface area contributed by atoms with Gasteiger partial charge in [0.05, 0.1) is 13.7 Å². The second-order valence-electron chi connectivity index (χ2n) is 7.92. The molecule has 1 aromatic carbocycles. The zero-order valence-electron chi connectivity index (χ0n) is 20.5. The first-order valence-electron chi connectivity index (χ1n) is 12.0. The van der Waals surface area contributed by atoms with Crippen LogP contribution in [-0.2, 0) is 6.42 Å². The Morgan fingerprint density at radius 1 is 0.971 bits per heavy atom. The van der Waals surface area contributed by atoms with E-state index in [-0.39, 0.29) is 0 Å². The van der Waals surface area contributed by atoms with Crippen LogP contribution in [0, 0.1) is 0 Å². The van der Waals surface area contributed by atoms with Crippen LogP contribution in [-0.4, -0.2) is 59.7 Å².